The summed E-state index contributed by atoms with van der Waals surface area (Å²) in [7, 11) is 1.52. The Labute approximate surface area is 170 Å². The van der Waals surface area contributed by atoms with E-state index in [9.17, 15) is 14.3 Å². The third-order valence-corrected chi connectivity index (χ3v) is 5.34. The molecule has 1 aliphatic rings. The minimum absolute atomic E-state index is 0.330. The summed E-state index contributed by atoms with van der Waals surface area (Å²) in [5, 5.41) is 23.5. The Morgan fingerprint density at radius 3 is 2.53 bits per heavy atom. The van der Waals surface area contributed by atoms with Crippen LogP contribution in [0.1, 0.15) is 41.7 Å². The number of nitrogens with zero attached hydrogens (tertiary/aromatic N) is 6. The van der Waals surface area contributed by atoms with Gasteiger partial charge in [0, 0.05) is 18.8 Å². The minimum Gasteiger partial charge on any atom is -0.382 e. The molecule has 9 heteroatoms. The Bertz CT molecular complexity index is 1270. The molecule has 1 atom stereocenters. The summed E-state index contributed by atoms with van der Waals surface area (Å²) in [4.78, 5) is 12.5. The fourth-order valence-corrected chi connectivity index (χ4v) is 3.64. The SMILES string of the molecule is Cn1nnn(-c2cccc(C3CC3)c2C(O)c2ccn(-c3ccc(F)cc3)n2)c1=O. The van der Waals surface area contributed by atoms with Gasteiger partial charge in [-0.25, -0.2) is 13.9 Å². The van der Waals surface area contributed by atoms with Gasteiger partial charge < -0.3 is 5.11 Å². The zero-order valence-corrected chi connectivity index (χ0v) is 16.2. The molecule has 1 fully saturated rings. The van der Waals surface area contributed by atoms with E-state index in [4.69, 9.17) is 0 Å². The number of hydrogen-bond acceptors (Lipinski definition) is 5. The number of tetrazole rings is 1. The number of benzene rings is 2. The van der Waals surface area contributed by atoms with Crippen LogP contribution in [-0.2, 0) is 7.05 Å². The molecule has 0 radical (unpaired) electrons. The number of aliphatic hydroxyl groups is 1. The number of aryl methyl sites for hydroxylation is 1. The van der Waals surface area contributed by atoms with Crippen LogP contribution in [0.2, 0.25) is 0 Å². The van der Waals surface area contributed by atoms with Gasteiger partial charge >= 0.3 is 5.69 Å². The molecule has 0 bridgehead atoms. The molecular weight excluding hydrogens is 387 g/mol. The second-order valence-corrected chi connectivity index (χ2v) is 7.42. The molecule has 0 amide bonds. The molecule has 2 aromatic carbocycles. The van der Waals surface area contributed by atoms with E-state index in [0.29, 0.717) is 28.6 Å². The molecule has 4 aromatic rings. The van der Waals surface area contributed by atoms with Crippen molar-refractivity contribution in [3.8, 4) is 11.4 Å². The number of rotatable bonds is 5. The number of aromatic nitrogens is 6. The lowest BCUT2D eigenvalue weighted by Crippen LogP contribution is -2.24. The lowest BCUT2D eigenvalue weighted by atomic mass is 9.95. The smallest absolute Gasteiger partial charge is 0.368 e. The van der Waals surface area contributed by atoms with E-state index in [1.54, 1.807) is 35.1 Å². The van der Waals surface area contributed by atoms with E-state index in [1.165, 1.54) is 23.9 Å². The van der Waals surface area contributed by atoms with E-state index in [1.807, 2.05) is 12.1 Å². The van der Waals surface area contributed by atoms with Crippen molar-refractivity contribution < 1.29 is 9.50 Å². The molecule has 1 N–H and O–H groups in total. The van der Waals surface area contributed by atoms with Crippen molar-refractivity contribution in [1.82, 2.24) is 29.6 Å². The summed E-state index contributed by atoms with van der Waals surface area (Å²) in [6.45, 7) is 0. The van der Waals surface area contributed by atoms with Crippen LogP contribution < -0.4 is 5.69 Å². The molecule has 1 aliphatic carbocycles. The van der Waals surface area contributed by atoms with Crippen LogP contribution in [0.25, 0.3) is 11.4 Å². The van der Waals surface area contributed by atoms with Crippen molar-refractivity contribution in [2.75, 3.05) is 0 Å². The quantitative estimate of drug-likeness (QED) is 0.549. The van der Waals surface area contributed by atoms with Gasteiger partial charge in [-0.2, -0.15) is 14.5 Å². The Kier molecular flexibility index (Phi) is 4.32. The largest absolute Gasteiger partial charge is 0.382 e. The van der Waals surface area contributed by atoms with Gasteiger partial charge in [0.05, 0.1) is 17.1 Å². The molecule has 0 aliphatic heterocycles. The van der Waals surface area contributed by atoms with Crippen molar-refractivity contribution in [3.63, 3.8) is 0 Å². The van der Waals surface area contributed by atoms with E-state index in [-0.39, 0.29) is 5.82 Å². The molecule has 1 unspecified atom stereocenters. The third-order valence-electron chi connectivity index (χ3n) is 5.34. The van der Waals surface area contributed by atoms with Crippen LogP contribution >= 0.6 is 0 Å². The first-order valence-electron chi connectivity index (χ1n) is 9.64. The van der Waals surface area contributed by atoms with Crippen molar-refractivity contribution in [2.24, 2.45) is 7.05 Å². The zero-order chi connectivity index (χ0) is 20.8. The highest BCUT2D eigenvalue weighted by molar-refractivity contribution is 5.51. The van der Waals surface area contributed by atoms with Crippen molar-refractivity contribution in [1.29, 1.82) is 0 Å². The van der Waals surface area contributed by atoms with E-state index in [0.717, 1.165) is 23.1 Å². The molecule has 30 heavy (non-hydrogen) atoms. The standard InChI is InChI=1S/C21H19FN6O2/c1-26-21(30)28(25-24-26)18-4-2-3-16(13-5-6-13)19(18)20(29)17-11-12-27(23-17)15-9-7-14(22)8-10-15/h2-4,7-13,20,29H,5-6H2,1H3. The average Bonchev–Trinajstić information content (AvgIpc) is 3.40. The number of hydrogen-bond donors (Lipinski definition) is 1. The second kappa shape index (κ2) is 7.03. The molecule has 5 rings (SSSR count). The maximum absolute atomic E-state index is 13.2. The highest BCUT2D eigenvalue weighted by Crippen LogP contribution is 2.45. The summed E-state index contributed by atoms with van der Waals surface area (Å²) in [6, 6.07) is 13.2. The van der Waals surface area contributed by atoms with E-state index < -0.39 is 11.8 Å². The summed E-state index contributed by atoms with van der Waals surface area (Å²) in [5.74, 6) is 0.00439. The highest BCUT2D eigenvalue weighted by atomic mass is 19.1. The first-order chi connectivity index (χ1) is 14.5. The van der Waals surface area contributed by atoms with Crippen molar-refractivity contribution in [3.05, 3.63) is 87.9 Å². The molecule has 0 spiro atoms. The molecule has 2 heterocycles. The number of aliphatic hydroxyl groups excluding tert-OH is 1. The van der Waals surface area contributed by atoms with Gasteiger partial charge in [0.2, 0.25) is 0 Å². The van der Waals surface area contributed by atoms with Gasteiger partial charge in [0.15, 0.2) is 0 Å². The van der Waals surface area contributed by atoms with Gasteiger partial charge in [-0.1, -0.05) is 12.1 Å². The molecule has 1 saturated carbocycles. The van der Waals surface area contributed by atoms with Gasteiger partial charge in [0.1, 0.15) is 11.9 Å². The third kappa shape index (κ3) is 3.13. The highest BCUT2D eigenvalue weighted by Gasteiger charge is 2.32. The average molecular weight is 406 g/mol. The Morgan fingerprint density at radius 2 is 1.87 bits per heavy atom. The predicted octanol–water partition coefficient (Wildman–Crippen LogP) is 2.25. The van der Waals surface area contributed by atoms with Gasteiger partial charge in [-0.3, -0.25) is 0 Å². The van der Waals surface area contributed by atoms with Gasteiger partial charge in [-0.05, 0) is 71.1 Å². The van der Waals surface area contributed by atoms with Crippen molar-refractivity contribution in [2.45, 2.75) is 24.9 Å². The van der Waals surface area contributed by atoms with Crippen LogP contribution in [0.5, 0.6) is 0 Å². The molecular formula is C21H19FN6O2. The lowest BCUT2D eigenvalue weighted by Gasteiger charge is -2.18. The topological polar surface area (TPSA) is 90.8 Å². The summed E-state index contributed by atoms with van der Waals surface area (Å²) in [5.41, 5.74) is 2.77. The molecule has 2 aromatic heterocycles. The zero-order valence-electron chi connectivity index (χ0n) is 16.2. The Balaban J connectivity index is 1.60. The van der Waals surface area contributed by atoms with E-state index >= 15 is 0 Å². The molecule has 152 valence electrons. The van der Waals surface area contributed by atoms with Crippen LogP contribution in [0, 0.1) is 5.82 Å². The van der Waals surface area contributed by atoms with Crippen LogP contribution in [0.3, 0.4) is 0 Å². The van der Waals surface area contributed by atoms with Crippen molar-refractivity contribution >= 4 is 0 Å². The normalized spacial score (nSPS) is 14.8. The second-order valence-electron chi connectivity index (χ2n) is 7.42. The predicted molar refractivity (Wildman–Crippen MR) is 106 cm³/mol. The fourth-order valence-electron chi connectivity index (χ4n) is 3.64. The lowest BCUT2D eigenvalue weighted by molar-refractivity contribution is 0.213. The maximum Gasteiger partial charge on any atom is 0.368 e. The number of halogens is 1. The molecule has 0 saturated heterocycles. The monoisotopic (exact) mass is 406 g/mol. The maximum atomic E-state index is 13.2. The summed E-state index contributed by atoms with van der Waals surface area (Å²) >= 11 is 0. The summed E-state index contributed by atoms with van der Waals surface area (Å²) < 4.78 is 17.1. The van der Waals surface area contributed by atoms with Gasteiger partial charge in [-0.15, -0.1) is 0 Å². The fraction of sp³-hybridized carbons (Fsp3) is 0.238. The van der Waals surface area contributed by atoms with Crippen LogP contribution in [-0.4, -0.2) is 34.7 Å². The Hall–Kier alpha value is -3.59. The first-order valence-corrected chi connectivity index (χ1v) is 9.64. The first kappa shape index (κ1) is 18.4. The van der Waals surface area contributed by atoms with E-state index in [2.05, 4.69) is 15.5 Å². The van der Waals surface area contributed by atoms with Crippen LogP contribution in [0.15, 0.2) is 59.5 Å². The molecule has 8 nitrogen and oxygen atoms in total. The van der Waals surface area contributed by atoms with Crippen LogP contribution in [0.4, 0.5) is 4.39 Å². The Morgan fingerprint density at radius 1 is 1.10 bits per heavy atom. The minimum atomic E-state index is -1.06. The van der Waals surface area contributed by atoms with Gasteiger partial charge in [0.25, 0.3) is 0 Å². The summed E-state index contributed by atoms with van der Waals surface area (Å²) in [6.07, 6.45) is 2.71.